The molecule has 2 saturated heterocycles. The SMILES string of the molecule is C=Cc1c(CCCC(=O)N=C(N)N)cccc1-c1cnc(N2CC(=NOCC(COC(=O)c3ccccc3)COC3CCCCO3)C2)nc1. The summed E-state index contributed by atoms with van der Waals surface area (Å²) in [5, 5.41) is 4.31. The Balaban J connectivity index is 1.12. The van der Waals surface area contributed by atoms with E-state index in [-0.39, 0.29) is 43.7 Å². The number of nitrogens with two attached hydrogens (primary N) is 2. The van der Waals surface area contributed by atoms with Crippen LogP contribution in [0.15, 0.2) is 77.7 Å². The van der Waals surface area contributed by atoms with Crippen LogP contribution in [-0.2, 0) is 30.3 Å². The van der Waals surface area contributed by atoms with E-state index in [9.17, 15) is 9.59 Å². The molecule has 2 aromatic carbocycles. The summed E-state index contributed by atoms with van der Waals surface area (Å²) in [6.07, 6.45) is 9.58. The predicted molar refractivity (Wildman–Crippen MR) is 187 cm³/mol. The first kappa shape index (κ1) is 35.2. The van der Waals surface area contributed by atoms with Crippen LogP contribution in [0.2, 0.25) is 0 Å². The third-order valence-electron chi connectivity index (χ3n) is 8.09. The van der Waals surface area contributed by atoms with Crippen LogP contribution in [0.3, 0.4) is 0 Å². The van der Waals surface area contributed by atoms with Crippen molar-refractivity contribution in [1.82, 2.24) is 9.97 Å². The molecule has 1 amide bonds. The van der Waals surface area contributed by atoms with E-state index < -0.39 is 5.97 Å². The Hall–Kier alpha value is -5.14. The second kappa shape index (κ2) is 17.9. The van der Waals surface area contributed by atoms with Gasteiger partial charge in [-0.25, -0.2) is 14.8 Å². The van der Waals surface area contributed by atoms with Crippen LogP contribution in [0.4, 0.5) is 5.95 Å². The molecule has 0 radical (unpaired) electrons. The lowest BCUT2D eigenvalue weighted by molar-refractivity contribution is -0.173. The number of benzene rings is 2. The molecule has 2 atom stereocenters. The Morgan fingerprint density at radius 3 is 2.55 bits per heavy atom. The number of aliphatic imine (C=N–C) groups is 1. The lowest BCUT2D eigenvalue weighted by Gasteiger charge is -2.32. The predicted octanol–water partition coefficient (Wildman–Crippen LogP) is 4.12. The minimum Gasteiger partial charge on any atom is -0.462 e. The number of carbonyl (C=O) groups is 2. The highest BCUT2D eigenvalue weighted by molar-refractivity contribution is 5.98. The standard InChI is InChI=1S/C36H43N7O6/c1-2-30-26(13-9-15-32(44)41-35(37)38)12-8-14-31(30)28-18-39-36(40-19-28)43-20-29(21-43)42-49-24-25(22-47-33-16-6-7-17-46-33)23-48-34(45)27-10-4-3-5-11-27/h2-5,8,10-12,14,18-19,25,33H,1,6-7,9,13,15-17,20-24H2,(H4,37,38,41,44). The van der Waals surface area contributed by atoms with Gasteiger partial charge in [0.25, 0.3) is 0 Å². The zero-order chi connectivity index (χ0) is 34.4. The van der Waals surface area contributed by atoms with E-state index in [1.165, 1.54) is 0 Å². The van der Waals surface area contributed by atoms with E-state index in [1.807, 2.05) is 35.2 Å². The average molecular weight is 670 g/mol. The number of hydrogen-bond acceptors (Lipinski definition) is 10. The summed E-state index contributed by atoms with van der Waals surface area (Å²) in [6.45, 7) is 6.43. The first-order valence-corrected chi connectivity index (χ1v) is 16.5. The van der Waals surface area contributed by atoms with Crippen LogP contribution < -0.4 is 16.4 Å². The summed E-state index contributed by atoms with van der Waals surface area (Å²) in [5.74, 6) is -0.599. The number of nitrogens with zero attached hydrogens (tertiary/aromatic N) is 5. The van der Waals surface area contributed by atoms with Gasteiger partial charge in [-0.15, -0.1) is 0 Å². The molecule has 2 unspecified atom stereocenters. The summed E-state index contributed by atoms with van der Waals surface area (Å²) in [7, 11) is 0. The number of aromatic nitrogens is 2. The molecule has 0 aliphatic carbocycles. The highest BCUT2D eigenvalue weighted by Crippen LogP contribution is 2.28. The number of ether oxygens (including phenoxy) is 3. The highest BCUT2D eigenvalue weighted by Gasteiger charge is 2.26. The maximum Gasteiger partial charge on any atom is 0.338 e. The van der Waals surface area contributed by atoms with Crippen LogP contribution in [0.5, 0.6) is 0 Å². The lowest BCUT2D eigenvalue weighted by Crippen LogP contribution is -2.48. The quantitative estimate of drug-likeness (QED) is 0.0971. The Morgan fingerprint density at radius 2 is 1.84 bits per heavy atom. The Bertz CT molecular complexity index is 1610. The fourth-order valence-corrected chi connectivity index (χ4v) is 5.49. The van der Waals surface area contributed by atoms with Crippen molar-refractivity contribution in [3.63, 3.8) is 0 Å². The fraction of sp³-hybridized carbons (Fsp3) is 0.389. The number of oxime groups is 1. The molecule has 2 aliphatic rings. The molecule has 2 fully saturated rings. The molecular formula is C36H43N7O6. The number of carbonyl (C=O) groups excluding carboxylic acids is 2. The number of rotatable bonds is 16. The van der Waals surface area contributed by atoms with E-state index in [4.69, 9.17) is 30.5 Å². The van der Waals surface area contributed by atoms with E-state index in [0.717, 1.165) is 47.2 Å². The number of amides is 1. The highest BCUT2D eigenvalue weighted by atomic mass is 16.7. The number of anilines is 1. The third-order valence-corrected chi connectivity index (χ3v) is 8.09. The van der Waals surface area contributed by atoms with Crippen LogP contribution in [0.25, 0.3) is 17.2 Å². The lowest BCUT2D eigenvalue weighted by atomic mass is 9.94. The van der Waals surface area contributed by atoms with E-state index in [0.29, 0.717) is 50.7 Å². The fourth-order valence-electron chi connectivity index (χ4n) is 5.49. The minimum absolute atomic E-state index is 0.132. The van der Waals surface area contributed by atoms with Crippen LogP contribution in [0, 0.1) is 5.92 Å². The molecule has 3 aromatic rings. The molecule has 2 aliphatic heterocycles. The largest absolute Gasteiger partial charge is 0.462 e. The molecule has 49 heavy (non-hydrogen) atoms. The van der Waals surface area contributed by atoms with Gasteiger partial charge in [0.15, 0.2) is 12.2 Å². The molecule has 5 rings (SSSR count). The van der Waals surface area contributed by atoms with Crippen molar-refractivity contribution in [2.45, 2.75) is 44.8 Å². The summed E-state index contributed by atoms with van der Waals surface area (Å²) in [6, 6.07) is 14.9. The average Bonchev–Trinajstić information content (AvgIpc) is 3.10. The van der Waals surface area contributed by atoms with E-state index in [2.05, 4.69) is 26.7 Å². The summed E-state index contributed by atoms with van der Waals surface area (Å²) < 4.78 is 17.2. The van der Waals surface area contributed by atoms with Gasteiger partial charge in [0, 0.05) is 31.0 Å². The van der Waals surface area contributed by atoms with Crippen LogP contribution >= 0.6 is 0 Å². The van der Waals surface area contributed by atoms with Gasteiger partial charge in [0.05, 0.1) is 36.9 Å². The third kappa shape index (κ3) is 10.4. The van der Waals surface area contributed by atoms with Gasteiger partial charge >= 0.3 is 5.97 Å². The van der Waals surface area contributed by atoms with Crippen molar-refractivity contribution in [3.05, 3.63) is 84.2 Å². The van der Waals surface area contributed by atoms with Crippen LogP contribution in [0.1, 0.15) is 53.6 Å². The molecule has 1 aromatic heterocycles. The molecule has 258 valence electrons. The Labute approximate surface area is 286 Å². The topological polar surface area (TPSA) is 177 Å². The monoisotopic (exact) mass is 669 g/mol. The zero-order valence-corrected chi connectivity index (χ0v) is 27.5. The van der Waals surface area contributed by atoms with Gasteiger partial charge in [0.1, 0.15) is 13.2 Å². The maximum absolute atomic E-state index is 12.5. The molecule has 0 spiro atoms. The molecule has 13 nitrogen and oxygen atoms in total. The van der Waals surface area contributed by atoms with Crippen molar-refractivity contribution in [3.8, 4) is 11.1 Å². The summed E-state index contributed by atoms with van der Waals surface area (Å²) in [5.41, 5.74) is 15.8. The van der Waals surface area contributed by atoms with Crippen molar-refractivity contribution in [2.24, 2.45) is 27.5 Å². The van der Waals surface area contributed by atoms with Gasteiger partial charge in [-0.2, -0.15) is 4.99 Å². The maximum atomic E-state index is 12.5. The first-order chi connectivity index (χ1) is 23.9. The first-order valence-electron chi connectivity index (χ1n) is 16.5. The number of guanidine groups is 1. The number of hydrogen-bond donors (Lipinski definition) is 2. The Morgan fingerprint density at radius 1 is 1.04 bits per heavy atom. The summed E-state index contributed by atoms with van der Waals surface area (Å²) >= 11 is 0. The number of aryl methyl sites for hydroxylation is 1. The molecule has 13 heteroatoms. The normalized spacial score (nSPS) is 16.2. The van der Waals surface area contributed by atoms with Gasteiger partial charge in [-0.05, 0) is 60.9 Å². The second-order valence-corrected chi connectivity index (χ2v) is 11.9. The van der Waals surface area contributed by atoms with Gasteiger partial charge < -0.3 is 35.4 Å². The minimum atomic E-state index is -0.395. The van der Waals surface area contributed by atoms with Gasteiger partial charge in [-0.3, -0.25) is 4.79 Å². The van der Waals surface area contributed by atoms with Crippen molar-refractivity contribution in [2.75, 3.05) is 44.4 Å². The second-order valence-electron chi connectivity index (χ2n) is 11.9. The van der Waals surface area contributed by atoms with Crippen molar-refractivity contribution < 1.29 is 28.6 Å². The summed E-state index contributed by atoms with van der Waals surface area (Å²) in [4.78, 5) is 44.8. The molecule has 0 saturated carbocycles. The van der Waals surface area contributed by atoms with Gasteiger partial charge in [-0.1, -0.05) is 54.2 Å². The van der Waals surface area contributed by atoms with Crippen molar-refractivity contribution >= 4 is 35.6 Å². The molecular weight excluding hydrogens is 626 g/mol. The van der Waals surface area contributed by atoms with E-state index in [1.54, 1.807) is 36.7 Å². The smallest absolute Gasteiger partial charge is 0.338 e. The molecule has 3 heterocycles. The van der Waals surface area contributed by atoms with E-state index >= 15 is 0 Å². The van der Waals surface area contributed by atoms with Crippen LogP contribution in [-0.4, -0.2) is 79.3 Å². The van der Waals surface area contributed by atoms with Gasteiger partial charge in [0.2, 0.25) is 11.9 Å². The molecule has 4 N–H and O–H groups in total. The molecule has 0 bridgehead atoms. The number of esters is 1. The zero-order valence-electron chi connectivity index (χ0n) is 27.5. The Kier molecular flexibility index (Phi) is 12.8. The van der Waals surface area contributed by atoms with Crippen molar-refractivity contribution in [1.29, 1.82) is 0 Å².